The zero-order chi connectivity index (χ0) is 13.8. The van der Waals surface area contributed by atoms with Gasteiger partial charge in [-0.1, -0.05) is 0 Å². The maximum atomic E-state index is 12.3. The van der Waals surface area contributed by atoms with Crippen molar-refractivity contribution in [2.75, 3.05) is 7.11 Å². The summed E-state index contributed by atoms with van der Waals surface area (Å²) < 4.78 is 5.79. The van der Waals surface area contributed by atoms with Gasteiger partial charge in [-0.05, 0) is 46.3 Å². The Morgan fingerprint density at radius 2 is 2.21 bits per heavy atom. The van der Waals surface area contributed by atoms with Gasteiger partial charge in [0.05, 0.1) is 17.1 Å². The Balaban J connectivity index is 2.45. The zero-order valence-corrected chi connectivity index (χ0v) is 11.6. The van der Waals surface area contributed by atoms with E-state index in [1.165, 1.54) is 6.20 Å². The molecule has 0 amide bonds. The van der Waals surface area contributed by atoms with E-state index in [1.54, 1.807) is 37.4 Å². The fraction of sp³-hybridized carbons (Fsp3) is 0.0714. The Kier molecular flexibility index (Phi) is 3.93. The van der Waals surface area contributed by atoms with Crippen LogP contribution in [0.5, 0.6) is 5.75 Å². The van der Waals surface area contributed by atoms with Gasteiger partial charge in [0.2, 0.25) is 0 Å². The lowest BCUT2D eigenvalue weighted by atomic mass is 10.0. The van der Waals surface area contributed by atoms with Crippen LogP contribution in [-0.2, 0) is 0 Å². The van der Waals surface area contributed by atoms with E-state index in [-0.39, 0.29) is 11.5 Å². The van der Waals surface area contributed by atoms with Gasteiger partial charge in [-0.2, -0.15) is 5.26 Å². The predicted octanol–water partition coefficient (Wildman–Crippen LogP) is 2.96. The van der Waals surface area contributed by atoms with E-state index in [0.717, 1.165) is 0 Å². The second-order valence-corrected chi connectivity index (χ2v) is 4.54. The van der Waals surface area contributed by atoms with Crippen molar-refractivity contribution in [2.45, 2.75) is 0 Å². The number of hydrogen-bond acceptors (Lipinski definition) is 4. The van der Waals surface area contributed by atoms with Crippen LogP contribution in [0.4, 0.5) is 0 Å². The highest BCUT2D eigenvalue weighted by molar-refractivity contribution is 9.10. The number of rotatable bonds is 3. The summed E-state index contributed by atoms with van der Waals surface area (Å²) in [5.74, 6) is 0.399. The third kappa shape index (κ3) is 2.64. The molecule has 0 atom stereocenters. The number of nitrogens with zero attached hydrogens (tertiary/aromatic N) is 2. The van der Waals surface area contributed by atoms with Crippen LogP contribution in [0.25, 0.3) is 0 Å². The van der Waals surface area contributed by atoms with Crippen molar-refractivity contribution in [3.05, 3.63) is 57.8 Å². The van der Waals surface area contributed by atoms with E-state index in [1.807, 2.05) is 6.07 Å². The Morgan fingerprint density at radius 1 is 1.42 bits per heavy atom. The number of hydrogen-bond donors (Lipinski definition) is 0. The van der Waals surface area contributed by atoms with Crippen molar-refractivity contribution >= 4 is 21.7 Å². The van der Waals surface area contributed by atoms with Crippen LogP contribution in [0.3, 0.4) is 0 Å². The second-order valence-electron chi connectivity index (χ2n) is 3.69. The molecule has 2 rings (SSSR count). The molecule has 2 aromatic rings. The van der Waals surface area contributed by atoms with Crippen molar-refractivity contribution in [3.8, 4) is 11.8 Å². The Bertz CT molecular complexity index is 677. The summed E-state index contributed by atoms with van der Waals surface area (Å²) >= 11 is 3.33. The molecule has 5 heteroatoms. The van der Waals surface area contributed by atoms with Gasteiger partial charge in [-0.25, -0.2) is 4.98 Å². The molecule has 0 saturated heterocycles. The summed E-state index contributed by atoms with van der Waals surface area (Å²) in [6, 6.07) is 10.1. The first-order valence-electron chi connectivity index (χ1n) is 5.40. The van der Waals surface area contributed by atoms with Gasteiger partial charge in [0.25, 0.3) is 0 Å². The normalized spacial score (nSPS) is 9.74. The predicted molar refractivity (Wildman–Crippen MR) is 73.1 cm³/mol. The van der Waals surface area contributed by atoms with Crippen LogP contribution < -0.4 is 4.74 Å². The van der Waals surface area contributed by atoms with Crippen LogP contribution in [0.2, 0.25) is 0 Å². The fourth-order valence-corrected chi connectivity index (χ4v) is 2.18. The molecular weight excluding hydrogens is 308 g/mol. The van der Waals surface area contributed by atoms with Crippen LogP contribution in [0.1, 0.15) is 21.6 Å². The van der Waals surface area contributed by atoms with Crippen molar-refractivity contribution < 1.29 is 9.53 Å². The fourth-order valence-electron chi connectivity index (χ4n) is 1.64. The maximum Gasteiger partial charge on any atom is 0.195 e. The molecule has 1 aromatic carbocycles. The highest BCUT2D eigenvalue weighted by Gasteiger charge is 2.15. The van der Waals surface area contributed by atoms with Crippen LogP contribution in [0, 0.1) is 11.3 Å². The molecule has 0 aliphatic carbocycles. The number of ketones is 1. The van der Waals surface area contributed by atoms with Crippen molar-refractivity contribution in [3.63, 3.8) is 0 Å². The summed E-state index contributed by atoms with van der Waals surface area (Å²) in [5.41, 5.74) is 0.888. The standard InChI is InChI=1S/C14H9BrN2O2/c1-19-13-5-4-9(7-11(13)15)14(18)10-3-2-6-17-12(10)8-16/h2-7H,1H3. The third-order valence-corrected chi connectivity index (χ3v) is 3.19. The quantitative estimate of drug-likeness (QED) is 0.817. The van der Waals surface area contributed by atoms with Gasteiger partial charge in [0.1, 0.15) is 11.8 Å². The van der Waals surface area contributed by atoms with Gasteiger partial charge >= 0.3 is 0 Å². The first kappa shape index (κ1) is 13.2. The summed E-state index contributed by atoms with van der Waals surface area (Å²) in [6.45, 7) is 0. The van der Waals surface area contributed by atoms with Gasteiger partial charge in [0.15, 0.2) is 11.5 Å². The number of ether oxygens (including phenoxy) is 1. The summed E-state index contributed by atoms with van der Waals surface area (Å²) in [7, 11) is 1.55. The average Bonchev–Trinajstić information content (AvgIpc) is 2.46. The SMILES string of the molecule is COc1ccc(C(=O)c2cccnc2C#N)cc1Br. The average molecular weight is 317 g/mol. The molecule has 1 heterocycles. The summed E-state index contributed by atoms with van der Waals surface area (Å²) in [6.07, 6.45) is 1.49. The number of aromatic nitrogens is 1. The minimum absolute atomic E-state index is 0.124. The lowest BCUT2D eigenvalue weighted by Crippen LogP contribution is -2.05. The Morgan fingerprint density at radius 3 is 2.84 bits per heavy atom. The molecule has 0 fully saturated rings. The maximum absolute atomic E-state index is 12.3. The topological polar surface area (TPSA) is 63.0 Å². The lowest BCUT2D eigenvalue weighted by molar-refractivity contribution is 0.103. The highest BCUT2D eigenvalue weighted by Crippen LogP contribution is 2.26. The number of methoxy groups -OCH3 is 1. The number of halogens is 1. The zero-order valence-electron chi connectivity index (χ0n) is 10.1. The number of benzene rings is 1. The van der Waals surface area contributed by atoms with E-state index in [4.69, 9.17) is 10.00 Å². The molecule has 0 spiro atoms. The number of nitriles is 1. The molecule has 4 nitrogen and oxygen atoms in total. The van der Waals surface area contributed by atoms with Gasteiger partial charge in [0, 0.05) is 11.8 Å². The van der Waals surface area contributed by atoms with E-state index in [0.29, 0.717) is 21.3 Å². The van der Waals surface area contributed by atoms with E-state index in [2.05, 4.69) is 20.9 Å². The van der Waals surface area contributed by atoms with Crippen LogP contribution in [-0.4, -0.2) is 17.9 Å². The molecule has 1 aromatic heterocycles. The first-order chi connectivity index (χ1) is 9.17. The smallest absolute Gasteiger partial charge is 0.195 e. The van der Waals surface area contributed by atoms with Crippen molar-refractivity contribution in [1.82, 2.24) is 4.98 Å². The molecule has 0 unspecified atom stereocenters. The van der Waals surface area contributed by atoms with Gasteiger partial charge in [-0.3, -0.25) is 4.79 Å². The minimum Gasteiger partial charge on any atom is -0.496 e. The molecule has 0 aliphatic rings. The van der Waals surface area contributed by atoms with Gasteiger partial charge in [-0.15, -0.1) is 0 Å². The minimum atomic E-state index is -0.243. The molecule has 19 heavy (non-hydrogen) atoms. The molecule has 0 radical (unpaired) electrons. The van der Waals surface area contributed by atoms with Crippen molar-refractivity contribution in [2.24, 2.45) is 0 Å². The molecule has 0 aliphatic heterocycles. The third-order valence-electron chi connectivity index (χ3n) is 2.57. The Hall–Kier alpha value is -2.19. The molecule has 94 valence electrons. The first-order valence-corrected chi connectivity index (χ1v) is 6.20. The highest BCUT2D eigenvalue weighted by atomic mass is 79.9. The number of carbonyl (C=O) groups is 1. The molecule has 0 bridgehead atoms. The molecule has 0 saturated carbocycles. The van der Waals surface area contributed by atoms with Crippen LogP contribution in [0.15, 0.2) is 41.0 Å². The van der Waals surface area contributed by atoms with Crippen LogP contribution >= 0.6 is 15.9 Å². The summed E-state index contributed by atoms with van der Waals surface area (Å²) in [4.78, 5) is 16.2. The monoisotopic (exact) mass is 316 g/mol. The van der Waals surface area contributed by atoms with E-state index >= 15 is 0 Å². The molecular formula is C14H9BrN2O2. The van der Waals surface area contributed by atoms with E-state index in [9.17, 15) is 4.79 Å². The summed E-state index contributed by atoms with van der Waals surface area (Å²) in [5, 5.41) is 8.96. The largest absolute Gasteiger partial charge is 0.496 e. The lowest BCUT2D eigenvalue weighted by Gasteiger charge is -2.06. The Labute approximate surface area is 118 Å². The number of carbonyl (C=O) groups excluding carboxylic acids is 1. The van der Waals surface area contributed by atoms with E-state index < -0.39 is 0 Å². The van der Waals surface area contributed by atoms with Crippen molar-refractivity contribution in [1.29, 1.82) is 5.26 Å². The second kappa shape index (κ2) is 5.63. The number of pyridine rings is 1. The van der Waals surface area contributed by atoms with Gasteiger partial charge < -0.3 is 4.74 Å². The molecule has 0 N–H and O–H groups in total.